The number of hydrogen-bond donors (Lipinski definition) is 1. The smallest absolute Gasteiger partial charge is 0.153 e. The molecule has 0 radical (unpaired) electrons. The number of aromatic nitrogens is 2. The normalized spacial score (nSPS) is 29.9. The molecule has 3 rings (SSSR count). The van der Waals surface area contributed by atoms with Gasteiger partial charge in [-0.2, -0.15) is 0 Å². The highest BCUT2D eigenvalue weighted by Crippen LogP contribution is 2.27. The molecule has 2 atom stereocenters. The highest BCUT2D eigenvalue weighted by atomic mass is 32.2. The third-order valence-electron chi connectivity index (χ3n) is 4.18. The summed E-state index contributed by atoms with van der Waals surface area (Å²) < 4.78 is 26.0. The van der Waals surface area contributed by atoms with Crippen LogP contribution in [0.25, 0.3) is 0 Å². The number of fused-ring (bicyclic) bond motifs is 1. The molecule has 6 heteroatoms. The zero-order valence-electron chi connectivity index (χ0n) is 11.0. The fourth-order valence-corrected chi connectivity index (χ4v) is 4.99. The Morgan fingerprint density at radius 1 is 1.32 bits per heavy atom. The summed E-state index contributed by atoms with van der Waals surface area (Å²) in [4.78, 5) is 4.44. The van der Waals surface area contributed by atoms with Crippen LogP contribution in [0, 0.1) is 0 Å². The van der Waals surface area contributed by atoms with Crippen LogP contribution < -0.4 is 0 Å². The van der Waals surface area contributed by atoms with E-state index in [0.717, 1.165) is 44.3 Å². The van der Waals surface area contributed by atoms with Crippen LogP contribution in [0.3, 0.4) is 0 Å². The number of rotatable bonds is 2. The lowest BCUT2D eigenvalue weighted by molar-refractivity contribution is 0.133. The van der Waals surface area contributed by atoms with Gasteiger partial charge in [-0.3, -0.25) is 0 Å². The molecule has 0 bridgehead atoms. The molecule has 2 aliphatic rings. The standard InChI is InChI=1S/C13H20N2O3S/c16-12-5-3-6-15-9-10(14-13(12)15)8-11-4-1-2-7-19(11,17)18/h9,11-12,16H,1-8H2. The molecule has 3 heterocycles. The van der Waals surface area contributed by atoms with E-state index >= 15 is 0 Å². The molecule has 1 fully saturated rings. The van der Waals surface area contributed by atoms with Crippen molar-refractivity contribution in [2.75, 3.05) is 5.75 Å². The Bertz CT molecular complexity index is 564. The molecule has 0 amide bonds. The van der Waals surface area contributed by atoms with Gasteiger partial charge in [0, 0.05) is 19.2 Å². The van der Waals surface area contributed by atoms with E-state index in [4.69, 9.17) is 0 Å². The van der Waals surface area contributed by atoms with Gasteiger partial charge >= 0.3 is 0 Å². The summed E-state index contributed by atoms with van der Waals surface area (Å²) >= 11 is 0. The van der Waals surface area contributed by atoms with Gasteiger partial charge in [-0.15, -0.1) is 0 Å². The van der Waals surface area contributed by atoms with Gasteiger partial charge in [-0.1, -0.05) is 6.42 Å². The van der Waals surface area contributed by atoms with Crippen LogP contribution in [0.15, 0.2) is 6.20 Å². The van der Waals surface area contributed by atoms with Crippen LogP contribution >= 0.6 is 0 Å². The van der Waals surface area contributed by atoms with E-state index in [0.29, 0.717) is 18.0 Å². The van der Waals surface area contributed by atoms with Crippen molar-refractivity contribution in [3.8, 4) is 0 Å². The molecule has 1 aromatic rings. The molecule has 1 saturated heterocycles. The Labute approximate surface area is 113 Å². The summed E-state index contributed by atoms with van der Waals surface area (Å²) in [6, 6.07) is 0. The van der Waals surface area contributed by atoms with Gasteiger partial charge in [0.2, 0.25) is 0 Å². The Hall–Kier alpha value is -0.880. The van der Waals surface area contributed by atoms with Gasteiger partial charge in [0.15, 0.2) is 9.84 Å². The lowest BCUT2D eigenvalue weighted by atomic mass is 10.1. The van der Waals surface area contributed by atoms with Crippen LogP contribution in [-0.4, -0.2) is 34.1 Å². The molecule has 1 aromatic heterocycles. The summed E-state index contributed by atoms with van der Waals surface area (Å²) in [5, 5.41) is 9.60. The van der Waals surface area contributed by atoms with Crippen molar-refractivity contribution in [3.63, 3.8) is 0 Å². The molecule has 0 aliphatic carbocycles. The predicted molar refractivity (Wildman–Crippen MR) is 71.6 cm³/mol. The summed E-state index contributed by atoms with van der Waals surface area (Å²) in [6.45, 7) is 0.872. The van der Waals surface area contributed by atoms with Crippen LogP contribution in [0.5, 0.6) is 0 Å². The molecule has 106 valence electrons. The van der Waals surface area contributed by atoms with Crippen LogP contribution in [0.1, 0.15) is 49.7 Å². The van der Waals surface area contributed by atoms with Crippen LogP contribution in [0.4, 0.5) is 0 Å². The lowest BCUT2D eigenvalue weighted by Gasteiger charge is -2.21. The Balaban J connectivity index is 1.80. The number of hydrogen-bond acceptors (Lipinski definition) is 4. The second-order valence-electron chi connectivity index (χ2n) is 5.63. The summed E-state index contributed by atoms with van der Waals surface area (Å²) in [5.74, 6) is 1.02. The number of aliphatic hydroxyl groups is 1. The first kappa shape index (κ1) is 13.1. The largest absolute Gasteiger partial charge is 0.385 e. The number of nitrogens with zero attached hydrogens (tertiary/aromatic N) is 2. The zero-order valence-corrected chi connectivity index (χ0v) is 11.8. The topological polar surface area (TPSA) is 72.2 Å². The SMILES string of the molecule is O=S1(=O)CCCCC1Cc1cn2c(n1)C(O)CCC2. The van der Waals surface area contributed by atoms with Gasteiger partial charge in [-0.05, 0) is 25.7 Å². The minimum absolute atomic E-state index is 0.282. The van der Waals surface area contributed by atoms with E-state index in [-0.39, 0.29) is 5.25 Å². The monoisotopic (exact) mass is 284 g/mol. The molecule has 2 unspecified atom stereocenters. The van der Waals surface area contributed by atoms with Crippen LogP contribution in [-0.2, 0) is 22.8 Å². The molecule has 5 nitrogen and oxygen atoms in total. The first-order valence-electron chi connectivity index (χ1n) is 7.02. The fraction of sp³-hybridized carbons (Fsp3) is 0.769. The molecule has 0 spiro atoms. The average molecular weight is 284 g/mol. The highest BCUT2D eigenvalue weighted by Gasteiger charge is 2.30. The molecule has 19 heavy (non-hydrogen) atoms. The molecular weight excluding hydrogens is 264 g/mol. The van der Waals surface area contributed by atoms with Crippen molar-refractivity contribution in [1.82, 2.24) is 9.55 Å². The van der Waals surface area contributed by atoms with Gasteiger partial charge in [0.05, 0.1) is 16.7 Å². The third-order valence-corrected chi connectivity index (χ3v) is 6.46. The second kappa shape index (κ2) is 4.90. The Kier molecular flexibility index (Phi) is 3.39. The predicted octanol–water partition coefficient (Wildman–Crippen LogP) is 1.22. The first-order valence-corrected chi connectivity index (χ1v) is 8.73. The van der Waals surface area contributed by atoms with Gasteiger partial charge in [0.25, 0.3) is 0 Å². The zero-order chi connectivity index (χ0) is 13.5. The second-order valence-corrected chi connectivity index (χ2v) is 8.03. The Morgan fingerprint density at radius 3 is 2.89 bits per heavy atom. The van der Waals surface area contributed by atoms with Crippen LogP contribution in [0.2, 0.25) is 0 Å². The average Bonchev–Trinajstić information content (AvgIpc) is 2.76. The maximum Gasteiger partial charge on any atom is 0.153 e. The Morgan fingerprint density at radius 2 is 2.16 bits per heavy atom. The van der Waals surface area contributed by atoms with E-state index in [1.54, 1.807) is 0 Å². The molecule has 0 aromatic carbocycles. The van der Waals surface area contributed by atoms with E-state index in [2.05, 4.69) is 4.98 Å². The molecule has 1 N–H and O–H groups in total. The van der Waals surface area contributed by atoms with Crippen molar-refractivity contribution < 1.29 is 13.5 Å². The number of aryl methyl sites for hydroxylation is 1. The summed E-state index contributed by atoms with van der Waals surface area (Å²) in [6.07, 6.45) is 6.14. The van der Waals surface area contributed by atoms with Crippen molar-refractivity contribution in [2.45, 2.75) is 56.4 Å². The van der Waals surface area contributed by atoms with E-state index in [1.807, 2.05) is 10.8 Å². The molecular formula is C13H20N2O3S. The first-order chi connectivity index (χ1) is 9.06. The minimum atomic E-state index is -2.95. The number of imidazole rings is 1. The van der Waals surface area contributed by atoms with Crippen molar-refractivity contribution in [2.24, 2.45) is 0 Å². The molecule has 0 saturated carbocycles. The van der Waals surface area contributed by atoms with E-state index in [9.17, 15) is 13.5 Å². The number of aliphatic hydroxyl groups excluding tert-OH is 1. The summed E-state index contributed by atoms with van der Waals surface area (Å²) in [7, 11) is -2.95. The molecule has 2 aliphatic heterocycles. The van der Waals surface area contributed by atoms with Gasteiger partial charge in [-0.25, -0.2) is 13.4 Å². The number of sulfone groups is 1. The highest BCUT2D eigenvalue weighted by molar-refractivity contribution is 7.92. The van der Waals surface area contributed by atoms with Gasteiger partial charge in [0.1, 0.15) is 11.9 Å². The van der Waals surface area contributed by atoms with Crippen molar-refractivity contribution in [1.29, 1.82) is 0 Å². The minimum Gasteiger partial charge on any atom is -0.385 e. The third kappa shape index (κ3) is 2.56. The van der Waals surface area contributed by atoms with E-state index < -0.39 is 15.9 Å². The van der Waals surface area contributed by atoms with Gasteiger partial charge < -0.3 is 9.67 Å². The van der Waals surface area contributed by atoms with Crippen molar-refractivity contribution >= 4 is 9.84 Å². The summed E-state index contributed by atoms with van der Waals surface area (Å²) in [5.41, 5.74) is 0.812. The maximum absolute atomic E-state index is 12.0. The lowest BCUT2D eigenvalue weighted by Crippen LogP contribution is -2.30. The van der Waals surface area contributed by atoms with E-state index in [1.165, 1.54) is 0 Å². The quantitative estimate of drug-likeness (QED) is 0.886. The fourth-order valence-electron chi connectivity index (χ4n) is 3.10. The maximum atomic E-state index is 12.0. The van der Waals surface area contributed by atoms with Crippen molar-refractivity contribution in [3.05, 3.63) is 17.7 Å².